The van der Waals surface area contributed by atoms with Crippen molar-refractivity contribution in [3.05, 3.63) is 29.3 Å². The van der Waals surface area contributed by atoms with Crippen LogP contribution in [0.25, 0.3) is 0 Å². The maximum Gasteiger partial charge on any atom is 0.257 e. The van der Waals surface area contributed by atoms with Gasteiger partial charge in [-0.05, 0) is 25.5 Å². The van der Waals surface area contributed by atoms with Crippen LogP contribution in [0.3, 0.4) is 0 Å². The number of carbonyl (C=O) groups excluding carboxylic acids is 1. The largest absolute Gasteiger partial charge is 0.496 e. The maximum atomic E-state index is 12.6. The molecule has 0 spiro atoms. The van der Waals surface area contributed by atoms with Crippen LogP contribution in [-0.4, -0.2) is 36.9 Å². The number of benzene rings is 1. The van der Waals surface area contributed by atoms with Crippen LogP contribution in [0.5, 0.6) is 5.75 Å². The third kappa shape index (κ3) is 4.43. The van der Waals surface area contributed by atoms with Gasteiger partial charge in [-0.25, -0.2) is 0 Å². The van der Waals surface area contributed by atoms with Crippen LogP contribution in [-0.2, 0) is 0 Å². The number of hydrogen-bond acceptors (Lipinski definition) is 2. The molecule has 0 fully saturated rings. The van der Waals surface area contributed by atoms with Crippen molar-refractivity contribution < 1.29 is 9.53 Å². The molecule has 0 saturated heterocycles. The van der Waals surface area contributed by atoms with E-state index in [0.29, 0.717) is 23.7 Å². The zero-order valence-corrected chi connectivity index (χ0v) is 12.7. The summed E-state index contributed by atoms with van der Waals surface area (Å²) in [5, 5.41) is 0. The molecule has 0 saturated carbocycles. The number of aryl methyl sites for hydroxylation is 1. The molecular weight excluding hydrogens is 262 g/mol. The third-order valence-electron chi connectivity index (χ3n) is 3.01. The fourth-order valence-electron chi connectivity index (χ4n) is 1.93. The summed E-state index contributed by atoms with van der Waals surface area (Å²) < 4.78 is 5.27. The minimum atomic E-state index is -0.00495. The highest BCUT2D eigenvalue weighted by Gasteiger charge is 2.18. The first-order chi connectivity index (χ1) is 9.13. The van der Waals surface area contributed by atoms with Gasteiger partial charge in [-0.2, -0.15) is 0 Å². The highest BCUT2D eigenvalue weighted by molar-refractivity contribution is 6.18. The first-order valence-corrected chi connectivity index (χ1v) is 7.17. The van der Waals surface area contributed by atoms with Crippen molar-refractivity contribution in [2.75, 3.05) is 26.1 Å². The molecule has 19 heavy (non-hydrogen) atoms. The van der Waals surface area contributed by atoms with E-state index in [4.69, 9.17) is 16.3 Å². The van der Waals surface area contributed by atoms with Crippen molar-refractivity contribution in [2.45, 2.75) is 26.7 Å². The molecule has 3 nitrogen and oxygen atoms in total. The second-order valence-corrected chi connectivity index (χ2v) is 4.92. The summed E-state index contributed by atoms with van der Waals surface area (Å²) in [6.07, 6.45) is 2.04. The van der Waals surface area contributed by atoms with Gasteiger partial charge in [0.15, 0.2) is 0 Å². The van der Waals surface area contributed by atoms with Crippen LogP contribution in [0.4, 0.5) is 0 Å². The highest BCUT2D eigenvalue weighted by Crippen LogP contribution is 2.21. The Balaban J connectivity index is 2.97. The van der Waals surface area contributed by atoms with E-state index in [1.807, 2.05) is 25.1 Å². The molecule has 0 aliphatic carbocycles. The third-order valence-corrected chi connectivity index (χ3v) is 3.18. The Bertz CT molecular complexity index is 421. The van der Waals surface area contributed by atoms with Gasteiger partial charge in [-0.15, -0.1) is 11.6 Å². The van der Waals surface area contributed by atoms with Gasteiger partial charge in [0.2, 0.25) is 0 Å². The van der Waals surface area contributed by atoms with Crippen molar-refractivity contribution in [1.29, 1.82) is 0 Å². The fraction of sp³-hybridized carbons (Fsp3) is 0.533. The van der Waals surface area contributed by atoms with E-state index < -0.39 is 0 Å². The zero-order chi connectivity index (χ0) is 14.3. The molecule has 1 aromatic carbocycles. The molecule has 4 heteroatoms. The summed E-state index contributed by atoms with van der Waals surface area (Å²) in [5.74, 6) is 1.06. The molecule has 0 aromatic heterocycles. The summed E-state index contributed by atoms with van der Waals surface area (Å²) in [6, 6.07) is 5.64. The molecule has 0 unspecified atom stereocenters. The molecule has 0 N–H and O–H groups in total. The Morgan fingerprint density at radius 2 is 2.11 bits per heavy atom. The second kappa shape index (κ2) is 8.05. The monoisotopic (exact) mass is 283 g/mol. The summed E-state index contributed by atoms with van der Waals surface area (Å²) in [4.78, 5) is 14.4. The fourth-order valence-corrected chi connectivity index (χ4v) is 2.13. The van der Waals surface area contributed by atoms with E-state index in [1.165, 1.54) is 0 Å². The zero-order valence-electron chi connectivity index (χ0n) is 11.9. The molecule has 106 valence electrons. The number of methoxy groups -OCH3 is 1. The Morgan fingerprint density at radius 1 is 1.37 bits per heavy atom. The van der Waals surface area contributed by atoms with Crippen LogP contribution in [0.1, 0.15) is 35.7 Å². The first-order valence-electron chi connectivity index (χ1n) is 6.63. The number of carbonyl (C=O) groups is 1. The number of unbranched alkanes of at least 4 members (excludes halogenated alkanes) is 1. The molecule has 1 amide bonds. The molecule has 1 aromatic rings. The number of amides is 1. The predicted molar refractivity (Wildman–Crippen MR) is 79.3 cm³/mol. The molecule has 0 aliphatic heterocycles. The quantitative estimate of drug-likeness (QED) is 0.717. The van der Waals surface area contributed by atoms with Crippen LogP contribution < -0.4 is 4.74 Å². The van der Waals surface area contributed by atoms with Gasteiger partial charge in [0.05, 0.1) is 12.7 Å². The van der Waals surface area contributed by atoms with Crippen LogP contribution >= 0.6 is 11.6 Å². The van der Waals surface area contributed by atoms with Gasteiger partial charge < -0.3 is 9.64 Å². The second-order valence-electron chi connectivity index (χ2n) is 4.54. The lowest BCUT2D eigenvalue weighted by Gasteiger charge is -2.22. The van der Waals surface area contributed by atoms with Gasteiger partial charge in [-0.1, -0.05) is 25.0 Å². The van der Waals surface area contributed by atoms with E-state index in [0.717, 1.165) is 24.9 Å². The molecular formula is C15H22ClNO2. The first kappa shape index (κ1) is 15.8. The number of halogens is 1. The normalized spacial score (nSPS) is 10.3. The minimum Gasteiger partial charge on any atom is -0.496 e. The molecule has 1 rings (SSSR count). The SMILES string of the molecule is CCCCN(CCCl)C(=O)c1cc(C)ccc1OC. The van der Waals surface area contributed by atoms with E-state index in [1.54, 1.807) is 12.0 Å². The van der Waals surface area contributed by atoms with Crippen molar-refractivity contribution in [2.24, 2.45) is 0 Å². The number of hydrogen-bond donors (Lipinski definition) is 0. The molecule has 0 aliphatic rings. The van der Waals surface area contributed by atoms with E-state index >= 15 is 0 Å². The standard InChI is InChI=1S/C15H22ClNO2/c1-4-5-9-17(10-8-16)15(18)13-11-12(2)6-7-14(13)19-3/h6-7,11H,4-5,8-10H2,1-3H3. The Labute approximate surface area is 120 Å². The number of ether oxygens (including phenoxy) is 1. The Hall–Kier alpha value is -1.22. The van der Waals surface area contributed by atoms with E-state index in [-0.39, 0.29) is 5.91 Å². The van der Waals surface area contributed by atoms with Crippen molar-refractivity contribution in [1.82, 2.24) is 4.90 Å². The molecule has 0 heterocycles. The van der Waals surface area contributed by atoms with Crippen LogP contribution in [0.15, 0.2) is 18.2 Å². The summed E-state index contributed by atoms with van der Waals surface area (Å²) in [7, 11) is 1.58. The highest BCUT2D eigenvalue weighted by atomic mass is 35.5. The maximum absolute atomic E-state index is 12.6. The average molecular weight is 284 g/mol. The van der Waals surface area contributed by atoms with Gasteiger partial charge >= 0.3 is 0 Å². The number of rotatable bonds is 7. The topological polar surface area (TPSA) is 29.5 Å². The molecule has 0 bridgehead atoms. The lowest BCUT2D eigenvalue weighted by atomic mass is 10.1. The van der Waals surface area contributed by atoms with Crippen molar-refractivity contribution >= 4 is 17.5 Å². The number of nitrogens with zero attached hydrogens (tertiary/aromatic N) is 1. The van der Waals surface area contributed by atoms with Crippen LogP contribution in [0, 0.1) is 6.92 Å². The summed E-state index contributed by atoms with van der Waals surface area (Å²) in [5.41, 5.74) is 1.66. The minimum absolute atomic E-state index is 0.00495. The van der Waals surface area contributed by atoms with Crippen LogP contribution in [0.2, 0.25) is 0 Å². The molecule has 0 radical (unpaired) electrons. The van der Waals surface area contributed by atoms with Crippen molar-refractivity contribution in [3.8, 4) is 5.75 Å². The number of alkyl halides is 1. The Morgan fingerprint density at radius 3 is 2.68 bits per heavy atom. The van der Waals surface area contributed by atoms with Crippen molar-refractivity contribution in [3.63, 3.8) is 0 Å². The summed E-state index contributed by atoms with van der Waals surface area (Å²) >= 11 is 5.79. The summed E-state index contributed by atoms with van der Waals surface area (Å²) in [6.45, 7) is 5.38. The average Bonchev–Trinajstić information content (AvgIpc) is 2.42. The van der Waals surface area contributed by atoms with E-state index in [9.17, 15) is 4.79 Å². The molecule has 0 atom stereocenters. The van der Waals surface area contributed by atoms with Gasteiger partial charge in [0.1, 0.15) is 5.75 Å². The smallest absolute Gasteiger partial charge is 0.257 e. The van der Waals surface area contributed by atoms with Gasteiger partial charge in [0.25, 0.3) is 5.91 Å². The lowest BCUT2D eigenvalue weighted by molar-refractivity contribution is 0.0760. The van der Waals surface area contributed by atoms with Gasteiger partial charge in [0, 0.05) is 19.0 Å². The Kier molecular flexibility index (Phi) is 6.71. The van der Waals surface area contributed by atoms with Gasteiger partial charge in [-0.3, -0.25) is 4.79 Å². The predicted octanol–water partition coefficient (Wildman–Crippen LogP) is 3.48. The lowest BCUT2D eigenvalue weighted by Crippen LogP contribution is -2.34. The van der Waals surface area contributed by atoms with E-state index in [2.05, 4.69) is 6.92 Å².